The van der Waals surface area contributed by atoms with Crippen molar-refractivity contribution in [2.45, 2.75) is 0 Å². The maximum Gasteiger partial charge on any atom is 0.228 e. The van der Waals surface area contributed by atoms with E-state index in [1.807, 2.05) is 36.4 Å². The standard InChI is InChI=1S/C14H9N5/c15-9-11-6-8-17-14(18-11)19-12-5-1-3-10-4-2-7-16-13(10)12/h1-8H,(H,17,18,19). The molecule has 0 bridgehead atoms. The molecule has 1 N–H and O–H groups in total. The van der Waals surface area contributed by atoms with Gasteiger partial charge < -0.3 is 5.32 Å². The fourth-order valence-corrected chi connectivity index (χ4v) is 1.81. The normalized spacial score (nSPS) is 10.1. The van der Waals surface area contributed by atoms with Crippen LogP contribution in [-0.2, 0) is 0 Å². The van der Waals surface area contributed by atoms with Gasteiger partial charge in [0.05, 0.1) is 11.2 Å². The van der Waals surface area contributed by atoms with E-state index in [9.17, 15) is 0 Å². The van der Waals surface area contributed by atoms with Crippen molar-refractivity contribution in [3.8, 4) is 6.07 Å². The summed E-state index contributed by atoms with van der Waals surface area (Å²) < 4.78 is 0. The zero-order valence-electron chi connectivity index (χ0n) is 9.91. The number of nitrogens with zero attached hydrogens (tertiary/aromatic N) is 4. The van der Waals surface area contributed by atoms with Crippen LogP contribution in [0.1, 0.15) is 5.69 Å². The van der Waals surface area contributed by atoms with Gasteiger partial charge in [0.2, 0.25) is 5.95 Å². The minimum Gasteiger partial charge on any atom is -0.322 e. The molecule has 0 atom stereocenters. The molecule has 90 valence electrons. The maximum atomic E-state index is 8.82. The highest BCUT2D eigenvalue weighted by molar-refractivity contribution is 5.91. The Morgan fingerprint density at radius 1 is 1.00 bits per heavy atom. The van der Waals surface area contributed by atoms with Crippen LogP contribution in [0.25, 0.3) is 10.9 Å². The molecule has 1 aromatic carbocycles. The smallest absolute Gasteiger partial charge is 0.228 e. The van der Waals surface area contributed by atoms with Gasteiger partial charge in [0, 0.05) is 17.8 Å². The molecule has 0 fully saturated rings. The Balaban J connectivity index is 2.04. The first kappa shape index (κ1) is 11.1. The molecule has 2 aromatic heterocycles. The van der Waals surface area contributed by atoms with Crippen molar-refractivity contribution in [1.29, 1.82) is 5.26 Å². The summed E-state index contributed by atoms with van der Waals surface area (Å²) in [6.45, 7) is 0. The molecule has 0 spiro atoms. The Bertz CT molecular complexity index is 771. The van der Waals surface area contributed by atoms with E-state index in [4.69, 9.17) is 5.26 Å². The number of aromatic nitrogens is 3. The van der Waals surface area contributed by atoms with Crippen LogP contribution in [0.2, 0.25) is 0 Å². The third kappa shape index (κ3) is 2.19. The minimum absolute atomic E-state index is 0.325. The first-order chi connectivity index (χ1) is 9.36. The summed E-state index contributed by atoms with van der Waals surface area (Å²) in [6.07, 6.45) is 3.28. The average molecular weight is 247 g/mol. The van der Waals surface area contributed by atoms with Gasteiger partial charge in [-0.25, -0.2) is 9.97 Å². The topological polar surface area (TPSA) is 74.5 Å². The number of pyridine rings is 1. The van der Waals surface area contributed by atoms with Gasteiger partial charge in [-0.05, 0) is 18.2 Å². The van der Waals surface area contributed by atoms with Crippen LogP contribution in [0.4, 0.5) is 11.6 Å². The minimum atomic E-state index is 0.325. The van der Waals surface area contributed by atoms with Gasteiger partial charge in [-0.15, -0.1) is 0 Å². The van der Waals surface area contributed by atoms with Crippen LogP contribution in [0.3, 0.4) is 0 Å². The van der Waals surface area contributed by atoms with Crippen LogP contribution in [0, 0.1) is 11.3 Å². The fourth-order valence-electron chi connectivity index (χ4n) is 1.81. The number of hydrogen-bond donors (Lipinski definition) is 1. The number of benzene rings is 1. The zero-order chi connectivity index (χ0) is 13.1. The van der Waals surface area contributed by atoms with E-state index in [-0.39, 0.29) is 0 Å². The lowest BCUT2D eigenvalue weighted by Gasteiger charge is -2.07. The van der Waals surface area contributed by atoms with E-state index < -0.39 is 0 Å². The fraction of sp³-hybridized carbons (Fsp3) is 0. The first-order valence-electron chi connectivity index (χ1n) is 5.71. The Morgan fingerprint density at radius 2 is 1.89 bits per heavy atom. The Labute approximate surface area is 109 Å². The Hall–Kier alpha value is -3.00. The molecular formula is C14H9N5. The van der Waals surface area contributed by atoms with E-state index in [1.54, 1.807) is 18.5 Å². The highest BCUT2D eigenvalue weighted by Crippen LogP contribution is 2.22. The molecule has 0 saturated carbocycles. The van der Waals surface area contributed by atoms with Crippen LogP contribution in [0.15, 0.2) is 48.8 Å². The summed E-state index contributed by atoms with van der Waals surface area (Å²) in [7, 11) is 0. The summed E-state index contributed by atoms with van der Waals surface area (Å²) in [5.74, 6) is 0.386. The molecule has 0 saturated heterocycles. The highest BCUT2D eigenvalue weighted by atomic mass is 15.1. The number of hydrogen-bond acceptors (Lipinski definition) is 5. The summed E-state index contributed by atoms with van der Waals surface area (Å²) >= 11 is 0. The molecule has 3 rings (SSSR count). The van der Waals surface area contributed by atoms with Crippen molar-refractivity contribution in [2.75, 3.05) is 5.32 Å². The van der Waals surface area contributed by atoms with Crippen LogP contribution < -0.4 is 5.32 Å². The largest absolute Gasteiger partial charge is 0.322 e. The second kappa shape index (κ2) is 4.70. The molecule has 3 aromatic rings. The number of nitriles is 1. The molecule has 5 nitrogen and oxygen atoms in total. The molecule has 0 amide bonds. The van der Waals surface area contributed by atoms with E-state index >= 15 is 0 Å². The average Bonchev–Trinajstić information content (AvgIpc) is 2.48. The van der Waals surface area contributed by atoms with Gasteiger partial charge in [-0.2, -0.15) is 5.26 Å². The van der Waals surface area contributed by atoms with Crippen LogP contribution in [0.5, 0.6) is 0 Å². The molecule has 19 heavy (non-hydrogen) atoms. The number of rotatable bonds is 2. The molecule has 0 aliphatic heterocycles. The summed E-state index contributed by atoms with van der Waals surface area (Å²) in [5.41, 5.74) is 1.98. The molecule has 5 heteroatoms. The number of nitrogens with one attached hydrogen (secondary N) is 1. The van der Waals surface area contributed by atoms with Gasteiger partial charge in [0.15, 0.2) is 0 Å². The first-order valence-corrected chi connectivity index (χ1v) is 5.71. The predicted octanol–water partition coefficient (Wildman–Crippen LogP) is 2.64. The van der Waals surface area contributed by atoms with Crippen molar-refractivity contribution in [3.63, 3.8) is 0 Å². The summed E-state index contributed by atoms with van der Waals surface area (Å²) in [6, 6.07) is 13.2. The Kier molecular flexibility index (Phi) is 2.75. The number of anilines is 2. The zero-order valence-corrected chi connectivity index (χ0v) is 9.91. The summed E-state index contributed by atoms with van der Waals surface area (Å²) in [5, 5.41) is 12.9. The van der Waals surface area contributed by atoms with Crippen molar-refractivity contribution in [1.82, 2.24) is 15.0 Å². The molecule has 0 aliphatic rings. The molecular weight excluding hydrogens is 238 g/mol. The quantitative estimate of drug-likeness (QED) is 0.753. The molecule has 2 heterocycles. The maximum absolute atomic E-state index is 8.82. The molecule has 0 unspecified atom stereocenters. The summed E-state index contributed by atoms with van der Waals surface area (Å²) in [4.78, 5) is 12.5. The van der Waals surface area contributed by atoms with E-state index in [1.165, 1.54) is 0 Å². The van der Waals surface area contributed by atoms with Crippen LogP contribution >= 0.6 is 0 Å². The van der Waals surface area contributed by atoms with Crippen molar-refractivity contribution in [2.24, 2.45) is 0 Å². The van der Waals surface area contributed by atoms with Crippen molar-refractivity contribution in [3.05, 3.63) is 54.5 Å². The van der Waals surface area contributed by atoms with E-state index in [2.05, 4.69) is 20.3 Å². The lowest BCUT2D eigenvalue weighted by Crippen LogP contribution is -1.99. The second-order valence-corrected chi connectivity index (χ2v) is 3.88. The van der Waals surface area contributed by atoms with Crippen molar-refractivity contribution < 1.29 is 0 Å². The van der Waals surface area contributed by atoms with Gasteiger partial charge in [-0.3, -0.25) is 4.98 Å². The van der Waals surface area contributed by atoms with E-state index in [0.717, 1.165) is 16.6 Å². The predicted molar refractivity (Wildman–Crippen MR) is 71.8 cm³/mol. The molecule has 0 radical (unpaired) electrons. The monoisotopic (exact) mass is 247 g/mol. The Morgan fingerprint density at radius 3 is 2.79 bits per heavy atom. The number of fused-ring (bicyclic) bond motifs is 1. The van der Waals surface area contributed by atoms with Crippen molar-refractivity contribution >= 4 is 22.5 Å². The highest BCUT2D eigenvalue weighted by Gasteiger charge is 2.04. The van der Waals surface area contributed by atoms with E-state index in [0.29, 0.717) is 11.6 Å². The van der Waals surface area contributed by atoms with Gasteiger partial charge in [0.25, 0.3) is 0 Å². The lowest BCUT2D eigenvalue weighted by molar-refractivity contribution is 1.14. The van der Waals surface area contributed by atoms with Gasteiger partial charge >= 0.3 is 0 Å². The second-order valence-electron chi connectivity index (χ2n) is 3.88. The van der Waals surface area contributed by atoms with Gasteiger partial charge in [0.1, 0.15) is 11.8 Å². The number of para-hydroxylation sites is 1. The van der Waals surface area contributed by atoms with Gasteiger partial charge in [-0.1, -0.05) is 18.2 Å². The SMILES string of the molecule is N#Cc1ccnc(Nc2cccc3cccnc23)n1. The van der Waals surface area contributed by atoms with Crippen LogP contribution in [-0.4, -0.2) is 15.0 Å². The molecule has 0 aliphatic carbocycles. The third-order valence-corrected chi connectivity index (χ3v) is 2.65. The third-order valence-electron chi connectivity index (χ3n) is 2.65. The lowest BCUT2D eigenvalue weighted by atomic mass is 10.2.